The highest BCUT2D eigenvalue weighted by molar-refractivity contribution is 5.78. The molecule has 2 aromatic carbocycles. The number of carbonyl (C=O) groups excluding carboxylic acids is 2. The molecule has 0 aliphatic carbocycles. The second kappa shape index (κ2) is 20.2. The van der Waals surface area contributed by atoms with Crippen molar-refractivity contribution < 1.29 is 23.8 Å². The molecule has 8 heteroatoms. The number of methoxy groups -OCH3 is 1. The summed E-state index contributed by atoms with van der Waals surface area (Å²) in [7, 11) is 5.25. The maximum Gasteiger partial charge on any atom is 0.337 e. The zero-order valence-corrected chi connectivity index (χ0v) is 25.6. The van der Waals surface area contributed by atoms with Gasteiger partial charge in [-0.25, -0.2) is 4.79 Å². The summed E-state index contributed by atoms with van der Waals surface area (Å²) in [5, 5.41) is 7.19. The van der Waals surface area contributed by atoms with E-state index in [4.69, 9.17) is 14.2 Å². The number of ether oxygens (including phenoxy) is 3. The van der Waals surface area contributed by atoms with Crippen LogP contribution in [-0.4, -0.2) is 55.0 Å². The molecule has 0 spiro atoms. The largest absolute Gasteiger partial charge is 0.490 e. The summed E-state index contributed by atoms with van der Waals surface area (Å²) in [6.45, 7) is 16.7. The van der Waals surface area contributed by atoms with Crippen molar-refractivity contribution in [2.45, 2.75) is 53.7 Å². The number of esters is 1. The van der Waals surface area contributed by atoms with E-state index in [1.807, 2.05) is 52.2 Å². The lowest BCUT2D eigenvalue weighted by Crippen LogP contribution is -2.35. The van der Waals surface area contributed by atoms with Gasteiger partial charge in [0, 0.05) is 26.3 Å². The lowest BCUT2D eigenvalue weighted by molar-refractivity contribution is -0.164. The van der Waals surface area contributed by atoms with E-state index < -0.39 is 5.60 Å². The van der Waals surface area contributed by atoms with Crippen LogP contribution in [0, 0.1) is 6.92 Å². The van der Waals surface area contributed by atoms with Crippen LogP contribution in [0.25, 0.3) is 11.3 Å². The van der Waals surface area contributed by atoms with E-state index in [2.05, 4.69) is 48.2 Å². The predicted octanol–water partition coefficient (Wildman–Crippen LogP) is 6.18. The zero-order chi connectivity index (χ0) is 30.6. The van der Waals surface area contributed by atoms with Crippen molar-refractivity contribution in [3.8, 4) is 17.0 Å². The van der Waals surface area contributed by atoms with E-state index in [9.17, 15) is 9.59 Å². The van der Waals surface area contributed by atoms with E-state index >= 15 is 0 Å². The van der Waals surface area contributed by atoms with Crippen LogP contribution >= 0.6 is 0 Å². The summed E-state index contributed by atoms with van der Waals surface area (Å²) in [6.07, 6.45) is 2.44. The summed E-state index contributed by atoms with van der Waals surface area (Å²) in [5.74, 6) is 0.467. The maximum atomic E-state index is 10.9. The fourth-order valence-corrected chi connectivity index (χ4v) is 3.11. The monoisotopic (exact) mass is 553 g/mol. The minimum atomic E-state index is -0.810. The SMILES string of the molecule is C=CCOc1ccc(-c2cc(C=O)nn2C)cc1.CC.CCOC(=O)C(C)(C)OC.CNCc1cccc(C)c1. The first-order valence-corrected chi connectivity index (χ1v) is 13.4. The first-order valence-electron chi connectivity index (χ1n) is 13.4. The molecule has 40 heavy (non-hydrogen) atoms. The Morgan fingerprint density at radius 3 is 2.25 bits per heavy atom. The quantitative estimate of drug-likeness (QED) is 0.182. The van der Waals surface area contributed by atoms with Crippen LogP contribution in [0.2, 0.25) is 0 Å². The molecule has 0 bridgehead atoms. The minimum absolute atomic E-state index is 0.322. The Labute approximate surface area is 240 Å². The zero-order valence-electron chi connectivity index (χ0n) is 25.6. The number of aryl methyl sites for hydroxylation is 2. The Morgan fingerprint density at radius 1 is 1.12 bits per heavy atom. The van der Waals surface area contributed by atoms with Gasteiger partial charge in [-0.2, -0.15) is 5.10 Å². The number of benzene rings is 2. The summed E-state index contributed by atoms with van der Waals surface area (Å²) in [5.41, 5.74) is 4.18. The van der Waals surface area contributed by atoms with Crippen molar-refractivity contribution in [1.82, 2.24) is 15.1 Å². The highest BCUT2D eigenvalue weighted by atomic mass is 16.6. The number of nitrogens with one attached hydrogen (secondary N) is 1. The molecule has 0 saturated carbocycles. The van der Waals surface area contributed by atoms with Crippen molar-refractivity contribution >= 4 is 12.3 Å². The molecule has 0 saturated heterocycles. The van der Waals surface area contributed by atoms with Gasteiger partial charge < -0.3 is 19.5 Å². The molecular formula is C32H47N3O5. The van der Waals surface area contributed by atoms with Gasteiger partial charge in [-0.1, -0.05) is 56.3 Å². The summed E-state index contributed by atoms with van der Waals surface area (Å²) >= 11 is 0. The van der Waals surface area contributed by atoms with Gasteiger partial charge in [0.15, 0.2) is 11.9 Å². The van der Waals surface area contributed by atoms with E-state index in [0.29, 0.717) is 18.9 Å². The van der Waals surface area contributed by atoms with Crippen molar-refractivity contribution in [2.75, 3.05) is 27.4 Å². The highest BCUT2D eigenvalue weighted by Gasteiger charge is 2.28. The number of rotatable bonds is 10. The lowest BCUT2D eigenvalue weighted by atomic mass is 10.1. The third-order valence-electron chi connectivity index (χ3n) is 5.28. The molecule has 0 aliphatic rings. The van der Waals surface area contributed by atoms with E-state index in [1.54, 1.807) is 37.6 Å². The average molecular weight is 554 g/mol. The van der Waals surface area contributed by atoms with Crippen LogP contribution < -0.4 is 10.1 Å². The summed E-state index contributed by atoms with van der Waals surface area (Å²) < 4.78 is 16.7. The normalized spacial score (nSPS) is 9.93. The molecule has 3 aromatic rings. The van der Waals surface area contributed by atoms with Gasteiger partial charge in [-0.05, 0) is 70.6 Å². The van der Waals surface area contributed by atoms with Gasteiger partial charge in [-0.3, -0.25) is 9.48 Å². The molecular weight excluding hydrogens is 506 g/mol. The molecule has 0 atom stereocenters. The van der Waals surface area contributed by atoms with Gasteiger partial charge in [0.2, 0.25) is 0 Å². The van der Waals surface area contributed by atoms with E-state index in [-0.39, 0.29) is 5.97 Å². The molecule has 3 rings (SSSR count). The van der Waals surface area contributed by atoms with Gasteiger partial charge in [-0.15, -0.1) is 0 Å². The second-order valence-corrected chi connectivity index (χ2v) is 8.77. The third kappa shape index (κ3) is 13.4. The first kappa shape index (κ1) is 36.2. The van der Waals surface area contributed by atoms with Crippen LogP contribution in [-0.2, 0) is 27.9 Å². The molecule has 8 nitrogen and oxygen atoms in total. The number of hydrogen-bond donors (Lipinski definition) is 1. The fourth-order valence-electron chi connectivity index (χ4n) is 3.11. The van der Waals surface area contributed by atoms with Crippen LogP contribution in [0.4, 0.5) is 0 Å². The molecule has 220 valence electrons. The Bertz CT molecular complexity index is 1140. The number of carbonyl (C=O) groups is 2. The molecule has 0 amide bonds. The molecule has 0 fully saturated rings. The van der Waals surface area contributed by atoms with Crippen molar-refractivity contribution in [1.29, 1.82) is 0 Å². The topological polar surface area (TPSA) is 91.7 Å². The average Bonchev–Trinajstić information content (AvgIpc) is 3.35. The van der Waals surface area contributed by atoms with E-state index in [0.717, 1.165) is 29.8 Å². The third-order valence-corrected chi connectivity index (χ3v) is 5.28. The van der Waals surface area contributed by atoms with Crippen molar-refractivity contribution in [3.05, 3.63) is 84.1 Å². The molecule has 0 aliphatic heterocycles. The van der Waals surface area contributed by atoms with Gasteiger partial charge in [0.1, 0.15) is 18.1 Å². The van der Waals surface area contributed by atoms with Crippen LogP contribution in [0.5, 0.6) is 5.75 Å². The minimum Gasteiger partial charge on any atom is -0.490 e. The smallest absolute Gasteiger partial charge is 0.337 e. The molecule has 0 radical (unpaired) electrons. The standard InChI is InChI=1S/C14H14N2O2.C9H13N.C7H14O3.C2H6/c1-3-8-18-13-6-4-11(5-7-13)14-9-12(10-17)15-16(14)2;1-8-4-3-5-9(6-8)7-10-2;1-5-10-6(8)7(2,3)9-4;1-2/h3-7,9-10H,1,8H2,2H3;3-6,10H,7H2,1-2H3;5H2,1-4H3;1-2H3. The molecule has 1 aromatic heterocycles. The fraction of sp³-hybridized carbons (Fsp3) is 0.406. The van der Waals surface area contributed by atoms with Crippen LogP contribution in [0.3, 0.4) is 0 Å². The first-order chi connectivity index (χ1) is 19.1. The van der Waals surface area contributed by atoms with E-state index in [1.165, 1.54) is 18.2 Å². The van der Waals surface area contributed by atoms with Gasteiger partial charge >= 0.3 is 5.97 Å². The second-order valence-electron chi connectivity index (χ2n) is 8.77. The Hall–Kier alpha value is -3.75. The predicted molar refractivity (Wildman–Crippen MR) is 163 cm³/mol. The maximum absolute atomic E-state index is 10.9. The Kier molecular flexibility index (Phi) is 18.3. The van der Waals surface area contributed by atoms with Gasteiger partial charge in [0.25, 0.3) is 0 Å². The van der Waals surface area contributed by atoms with Crippen molar-refractivity contribution in [3.63, 3.8) is 0 Å². The summed E-state index contributed by atoms with van der Waals surface area (Å²) in [4.78, 5) is 21.6. The summed E-state index contributed by atoms with van der Waals surface area (Å²) in [6, 6.07) is 17.9. The molecule has 1 heterocycles. The van der Waals surface area contributed by atoms with Crippen LogP contribution in [0.15, 0.2) is 67.3 Å². The number of hydrogen-bond acceptors (Lipinski definition) is 7. The van der Waals surface area contributed by atoms with Crippen molar-refractivity contribution in [2.24, 2.45) is 7.05 Å². The molecule has 0 unspecified atom stereocenters. The Balaban J connectivity index is 0.000000594. The lowest BCUT2D eigenvalue weighted by Gasteiger charge is -2.19. The van der Waals surface area contributed by atoms with Gasteiger partial charge in [0.05, 0.1) is 12.3 Å². The highest BCUT2D eigenvalue weighted by Crippen LogP contribution is 2.22. The number of aromatic nitrogens is 2. The number of nitrogens with zero attached hydrogens (tertiary/aromatic N) is 2. The van der Waals surface area contributed by atoms with Crippen LogP contribution in [0.1, 0.15) is 56.2 Å². The Morgan fingerprint density at radius 2 is 1.77 bits per heavy atom. The molecule has 1 N–H and O–H groups in total. The number of aldehydes is 1.